The van der Waals surface area contributed by atoms with E-state index in [4.69, 9.17) is 19.6 Å². The summed E-state index contributed by atoms with van der Waals surface area (Å²) in [7, 11) is 0. The summed E-state index contributed by atoms with van der Waals surface area (Å²) >= 11 is 0. The number of nitrogens with one attached hydrogen (secondary N) is 4. The lowest BCUT2D eigenvalue weighted by Crippen LogP contribution is -2.41. The van der Waals surface area contributed by atoms with Gasteiger partial charge in [-0.1, -0.05) is 45.0 Å². The summed E-state index contributed by atoms with van der Waals surface area (Å²) in [6, 6.07) is 11.4. The molecule has 0 spiro atoms. The lowest BCUT2D eigenvalue weighted by Gasteiger charge is -2.32. The van der Waals surface area contributed by atoms with Crippen molar-refractivity contribution >= 4 is 29.0 Å². The van der Waals surface area contributed by atoms with Gasteiger partial charge in [-0.3, -0.25) is 14.4 Å². The van der Waals surface area contributed by atoms with Gasteiger partial charge in [0, 0.05) is 49.6 Å². The number of anilines is 2. The molecule has 2 saturated heterocycles. The fourth-order valence-corrected chi connectivity index (χ4v) is 7.20. The topological polar surface area (TPSA) is 156 Å². The smallest absolute Gasteiger partial charge is 0.320 e. The Hall–Kier alpha value is -4.95. The van der Waals surface area contributed by atoms with Crippen LogP contribution >= 0.6 is 0 Å². The zero-order chi connectivity index (χ0) is 37.5. The number of rotatable bonds is 13. The molecule has 3 aromatic heterocycles. The third kappa shape index (κ3) is 9.40. The van der Waals surface area contributed by atoms with Crippen LogP contribution in [-0.2, 0) is 16.0 Å². The number of aryl methyl sites for hydroxylation is 1. The minimum atomic E-state index is -0.414. The summed E-state index contributed by atoms with van der Waals surface area (Å²) in [5, 5.41) is 31.5. The number of aromatic nitrogens is 5. The van der Waals surface area contributed by atoms with Crippen LogP contribution in [0.2, 0.25) is 0 Å². The van der Waals surface area contributed by atoms with E-state index in [1.54, 1.807) is 12.3 Å². The molecule has 4 N–H and O–H groups in total. The highest BCUT2D eigenvalue weighted by Crippen LogP contribution is 2.39. The van der Waals surface area contributed by atoms with E-state index < -0.39 is 5.41 Å². The maximum atomic E-state index is 13.6. The standard InChI is InChI=1S/C40H54N10O4/c1-40(2,3)34(41)24-35(43-28-25-42-49(26-28)21-11-23-53-37-14-7-10-22-52-37)45-38(51)44-32-16-17-33(31-13-6-5-12-30(31)32)54-29-15-18-36-46-47-39(50(36)27-29)48-19-8-4-9-20-48/h5-6,12-13,15,18,24-27,32-33,37,41,43H,4,7-11,14,16-17,19-23H2,1-3H3,(H2,44,45,51)/b35-24+,41-34?. The van der Waals surface area contributed by atoms with Crippen LogP contribution in [0, 0.1) is 10.8 Å². The third-order valence-corrected chi connectivity index (χ3v) is 10.2. The first-order valence-electron chi connectivity index (χ1n) is 19.5. The quantitative estimate of drug-likeness (QED) is 0.0829. The molecular formula is C40H54N10O4. The molecule has 1 aromatic carbocycles. The van der Waals surface area contributed by atoms with E-state index >= 15 is 0 Å². The largest absolute Gasteiger partial charge is 0.484 e. The molecule has 4 aromatic rings. The number of benzene rings is 1. The van der Waals surface area contributed by atoms with Crippen molar-refractivity contribution in [2.45, 2.75) is 104 Å². The number of allylic oxidation sites excluding steroid dienone is 1. The molecule has 54 heavy (non-hydrogen) atoms. The van der Waals surface area contributed by atoms with Crippen molar-refractivity contribution in [1.29, 1.82) is 5.41 Å². The monoisotopic (exact) mass is 738 g/mol. The Bertz CT molecular complexity index is 1920. The molecule has 14 heteroatoms. The van der Waals surface area contributed by atoms with E-state index in [1.807, 2.05) is 66.5 Å². The van der Waals surface area contributed by atoms with E-state index in [0.29, 0.717) is 43.2 Å². The number of pyridine rings is 1. The highest BCUT2D eigenvalue weighted by molar-refractivity contribution is 5.97. The predicted octanol–water partition coefficient (Wildman–Crippen LogP) is 7.12. The molecule has 2 aliphatic heterocycles. The van der Waals surface area contributed by atoms with Gasteiger partial charge < -0.3 is 35.2 Å². The van der Waals surface area contributed by atoms with Crippen molar-refractivity contribution in [3.63, 3.8) is 0 Å². The maximum absolute atomic E-state index is 13.6. The minimum Gasteiger partial charge on any atom is -0.484 e. The first-order chi connectivity index (χ1) is 26.2. The fourth-order valence-electron chi connectivity index (χ4n) is 7.20. The number of amides is 2. The van der Waals surface area contributed by atoms with E-state index in [0.717, 1.165) is 86.7 Å². The number of piperidine rings is 1. The van der Waals surface area contributed by atoms with Crippen LogP contribution in [-0.4, -0.2) is 68.7 Å². The molecule has 3 unspecified atom stereocenters. The zero-order valence-corrected chi connectivity index (χ0v) is 31.7. The van der Waals surface area contributed by atoms with Gasteiger partial charge in [-0.15, -0.1) is 10.2 Å². The number of fused-ring (bicyclic) bond motifs is 2. The van der Waals surface area contributed by atoms with Crippen molar-refractivity contribution in [3.05, 3.63) is 78.0 Å². The van der Waals surface area contributed by atoms with Gasteiger partial charge in [-0.25, -0.2) is 4.79 Å². The van der Waals surface area contributed by atoms with Gasteiger partial charge in [-0.2, -0.15) is 5.10 Å². The van der Waals surface area contributed by atoms with Gasteiger partial charge in [-0.05, 0) is 81.0 Å². The Balaban J connectivity index is 0.986. The zero-order valence-electron chi connectivity index (χ0n) is 31.7. The van der Waals surface area contributed by atoms with Crippen molar-refractivity contribution in [3.8, 4) is 5.75 Å². The van der Waals surface area contributed by atoms with Gasteiger partial charge >= 0.3 is 6.03 Å². The first-order valence-corrected chi connectivity index (χ1v) is 19.5. The van der Waals surface area contributed by atoms with Crippen LogP contribution < -0.4 is 25.6 Å². The number of urea groups is 1. The van der Waals surface area contributed by atoms with Crippen LogP contribution in [0.25, 0.3) is 5.65 Å². The number of carbonyl (C=O) groups is 1. The molecule has 0 radical (unpaired) electrons. The van der Waals surface area contributed by atoms with Gasteiger partial charge in [0.05, 0.1) is 30.7 Å². The van der Waals surface area contributed by atoms with Crippen LogP contribution in [0.3, 0.4) is 0 Å². The number of ether oxygens (including phenoxy) is 3. The summed E-state index contributed by atoms with van der Waals surface area (Å²) in [5.41, 5.74) is 3.52. The Morgan fingerprint density at radius 1 is 1.00 bits per heavy atom. The fraction of sp³-hybridized carbons (Fsp3) is 0.525. The third-order valence-electron chi connectivity index (χ3n) is 10.2. The van der Waals surface area contributed by atoms with Crippen molar-refractivity contribution in [1.82, 2.24) is 35.0 Å². The Morgan fingerprint density at radius 3 is 2.63 bits per heavy atom. The molecule has 3 atom stereocenters. The Kier molecular flexibility index (Phi) is 11.8. The van der Waals surface area contributed by atoms with Crippen LogP contribution in [0.1, 0.15) is 102 Å². The van der Waals surface area contributed by atoms with E-state index in [2.05, 4.69) is 48.3 Å². The van der Waals surface area contributed by atoms with Gasteiger partial charge in [0.2, 0.25) is 5.95 Å². The summed E-state index contributed by atoms with van der Waals surface area (Å²) in [4.78, 5) is 15.9. The second-order valence-corrected chi connectivity index (χ2v) is 15.5. The molecule has 0 bridgehead atoms. The highest BCUT2D eigenvalue weighted by Gasteiger charge is 2.30. The molecule has 3 aliphatic rings. The van der Waals surface area contributed by atoms with Gasteiger partial charge in [0.25, 0.3) is 0 Å². The number of nitrogens with zero attached hydrogens (tertiary/aromatic N) is 6. The number of hydrogen-bond donors (Lipinski definition) is 4. The maximum Gasteiger partial charge on any atom is 0.320 e. The van der Waals surface area contributed by atoms with Crippen molar-refractivity contribution in [2.75, 3.05) is 36.5 Å². The first kappa shape index (κ1) is 37.4. The van der Waals surface area contributed by atoms with Crippen LogP contribution in [0.4, 0.5) is 16.4 Å². The minimum absolute atomic E-state index is 0.104. The van der Waals surface area contributed by atoms with E-state index in [1.165, 1.54) is 6.42 Å². The summed E-state index contributed by atoms with van der Waals surface area (Å²) in [5.74, 6) is 2.00. The molecule has 1 aliphatic carbocycles. The van der Waals surface area contributed by atoms with E-state index in [9.17, 15) is 4.79 Å². The molecule has 14 nitrogen and oxygen atoms in total. The van der Waals surface area contributed by atoms with Crippen molar-refractivity contribution in [2.24, 2.45) is 5.41 Å². The molecule has 2 fully saturated rings. The lowest BCUT2D eigenvalue weighted by molar-refractivity contribution is -0.163. The lowest BCUT2D eigenvalue weighted by atomic mass is 9.85. The second kappa shape index (κ2) is 17.0. The molecule has 5 heterocycles. The molecule has 0 saturated carbocycles. The predicted molar refractivity (Wildman–Crippen MR) is 208 cm³/mol. The van der Waals surface area contributed by atoms with Gasteiger partial charge in [0.15, 0.2) is 11.9 Å². The van der Waals surface area contributed by atoms with Crippen LogP contribution in [0.15, 0.2) is 66.9 Å². The normalized spacial score (nSPS) is 20.7. The van der Waals surface area contributed by atoms with Crippen molar-refractivity contribution < 1.29 is 19.0 Å². The molecule has 7 rings (SSSR count). The Morgan fingerprint density at radius 2 is 1.83 bits per heavy atom. The van der Waals surface area contributed by atoms with E-state index in [-0.39, 0.29) is 24.5 Å². The second-order valence-electron chi connectivity index (χ2n) is 15.5. The molecule has 2 amide bonds. The average Bonchev–Trinajstić information content (AvgIpc) is 3.81. The average molecular weight is 739 g/mol. The summed E-state index contributed by atoms with van der Waals surface area (Å²) < 4.78 is 22.0. The number of carbonyl (C=O) groups excluding carboxylic acids is 1. The SMILES string of the molecule is CC(C)(C)C(=N)/C=C(/NC(=O)NC1CCC(Oc2ccc3nnc(N4CCCCC4)n3c2)c2ccccc21)Nc1cnn(CCCOC2CCCCO2)c1. The highest BCUT2D eigenvalue weighted by atomic mass is 16.7. The summed E-state index contributed by atoms with van der Waals surface area (Å²) in [6.07, 6.45) is 15.9. The molecule has 288 valence electrons. The molecular weight excluding hydrogens is 685 g/mol. The Labute approximate surface area is 317 Å². The van der Waals surface area contributed by atoms with Gasteiger partial charge in [0.1, 0.15) is 17.7 Å². The number of hydrogen-bond acceptors (Lipinski definition) is 10. The van der Waals surface area contributed by atoms with Crippen LogP contribution in [0.5, 0.6) is 5.75 Å². The summed E-state index contributed by atoms with van der Waals surface area (Å²) in [6.45, 7) is 9.91.